The number of ketones is 2. The van der Waals surface area contributed by atoms with Crippen LogP contribution in [0.1, 0.15) is 152 Å². The summed E-state index contributed by atoms with van der Waals surface area (Å²) in [5.74, 6) is -5.14. The summed E-state index contributed by atoms with van der Waals surface area (Å²) in [6, 6.07) is -1.14. The highest BCUT2D eigenvalue weighted by atomic mass is 16.6. The molecule has 4 rings (SSSR count). The number of ether oxygens (including phenoxy) is 6. The van der Waals surface area contributed by atoms with E-state index in [1.54, 1.807) is 34.1 Å². The van der Waals surface area contributed by atoms with Crippen LogP contribution in [0, 0.1) is 47.9 Å². The van der Waals surface area contributed by atoms with Crippen molar-refractivity contribution in [3.05, 3.63) is 47.6 Å². The van der Waals surface area contributed by atoms with Crippen molar-refractivity contribution in [3.8, 4) is 12.3 Å². The van der Waals surface area contributed by atoms with Crippen LogP contribution in [0.15, 0.2) is 52.7 Å². The minimum absolute atomic E-state index is 0.00916. The Kier molecular flexibility index (Phi) is 26.3. The van der Waals surface area contributed by atoms with Gasteiger partial charge in [0.1, 0.15) is 24.4 Å². The van der Waals surface area contributed by atoms with Crippen LogP contribution >= 0.6 is 0 Å². The number of cyclic esters (lactones) is 1. The first-order valence-electron chi connectivity index (χ1n) is 27.5. The summed E-state index contributed by atoms with van der Waals surface area (Å²) in [5.41, 5.74) is 4.32. The second-order valence-electron chi connectivity index (χ2n) is 21.9. The number of carbonyl (C=O) groups excluding carboxylic acids is 5. The van der Waals surface area contributed by atoms with Crippen molar-refractivity contribution in [2.45, 2.75) is 206 Å². The molecule has 2 amide bonds. The standard InChI is InChI=1S/C59H91N3O13/c1-13-14-15-21-30-73-49-28-26-45(34-52(49)71-11)33-40(5)51-36-47(61-60-44(9)63)39(4)32-42(7)54(65)55(72-12)53(64)41(6)31-37(2)22-17-16-18-23-38(3)50(70-10)35-46-27-25-43(8)59(69,75-46)56(66)57(67)62-29-20-19-24-48(62)58(68)74-51/h1,16-18,22-23,32,37,39-41,43,45-46,48-52,54-55,65,69H,14-15,19-21,24-31,33-36H2,2-12H3,(H,60,63)/b18-16+,22-17+,38-23+,42-32+,61-47-/t37-,39-,40-,41-,43-,45+,46+,48+,49-,50+,51+,52-,54-,55+,59-/m1/s1. The third kappa shape index (κ3) is 18.4. The summed E-state index contributed by atoms with van der Waals surface area (Å²) in [6.07, 6.45) is 20.8. The van der Waals surface area contributed by atoms with E-state index in [2.05, 4.69) is 16.4 Å². The number of rotatable bonds is 12. The van der Waals surface area contributed by atoms with Crippen molar-refractivity contribution in [3.63, 3.8) is 0 Å². The zero-order valence-electron chi connectivity index (χ0n) is 46.9. The lowest BCUT2D eigenvalue weighted by Crippen LogP contribution is -2.61. The summed E-state index contributed by atoms with van der Waals surface area (Å²) in [4.78, 5) is 71.3. The predicted molar refractivity (Wildman–Crippen MR) is 288 cm³/mol. The molecule has 3 aliphatic heterocycles. The Labute approximate surface area is 447 Å². The monoisotopic (exact) mass is 1050 g/mol. The number of allylic oxidation sites excluding steroid dienone is 6. The number of aliphatic hydroxyl groups is 2. The van der Waals surface area contributed by atoms with E-state index in [0.717, 1.165) is 31.3 Å². The smallest absolute Gasteiger partial charge is 0.329 e. The van der Waals surface area contributed by atoms with E-state index in [9.17, 15) is 34.2 Å². The minimum Gasteiger partial charge on any atom is -0.460 e. The number of hydrogen-bond acceptors (Lipinski definition) is 14. The molecule has 0 radical (unpaired) electrons. The van der Waals surface area contributed by atoms with Gasteiger partial charge in [-0.2, -0.15) is 5.10 Å². The molecule has 75 heavy (non-hydrogen) atoms. The Morgan fingerprint density at radius 3 is 2.36 bits per heavy atom. The lowest BCUT2D eigenvalue weighted by molar-refractivity contribution is -0.265. The van der Waals surface area contributed by atoms with E-state index in [1.807, 2.05) is 65.0 Å². The van der Waals surface area contributed by atoms with Crippen molar-refractivity contribution in [2.24, 2.45) is 40.6 Å². The van der Waals surface area contributed by atoms with Crippen LogP contribution in [0.4, 0.5) is 0 Å². The lowest BCUT2D eigenvalue weighted by Gasteiger charge is -2.42. The number of Topliss-reactive ketones (excluding diaryl/α,β-unsaturated/α-hetero) is 2. The molecule has 4 aliphatic rings. The van der Waals surface area contributed by atoms with Gasteiger partial charge in [-0.1, -0.05) is 71.1 Å². The molecular weight excluding hydrogens is 959 g/mol. The van der Waals surface area contributed by atoms with E-state index in [0.29, 0.717) is 75.7 Å². The average molecular weight is 1050 g/mol. The first-order chi connectivity index (χ1) is 35.7. The zero-order valence-corrected chi connectivity index (χ0v) is 46.9. The van der Waals surface area contributed by atoms with E-state index in [4.69, 9.17) is 34.8 Å². The third-order valence-corrected chi connectivity index (χ3v) is 15.9. The van der Waals surface area contributed by atoms with Gasteiger partial charge in [0.05, 0.1) is 24.4 Å². The number of hydrazone groups is 1. The molecule has 3 N–H and O–H groups in total. The molecular formula is C59H91N3O13. The molecule has 0 aromatic carbocycles. The van der Waals surface area contributed by atoms with Gasteiger partial charge in [-0.25, -0.2) is 10.2 Å². The number of hydrogen-bond donors (Lipinski definition) is 3. The first kappa shape index (κ1) is 63.2. The van der Waals surface area contributed by atoms with Crippen LogP contribution in [-0.2, 0) is 52.4 Å². The number of fused-ring (bicyclic) bond motifs is 3. The van der Waals surface area contributed by atoms with Crippen LogP contribution < -0.4 is 5.43 Å². The summed E-state index contributed by atoms with van der Waals surface area (Å²) in [7, 11) is 4.67. The Hall–Kier alpha value is -4.34. The maximum absolute atomic E-state index is 14.8. The molecule has 16 nitrogen and oxygen atoms in total. The third-order valence-electron chi connectivity index (χ3n) is 15.9. The molecule has 15 atom stereocenters. The molecule has 420 valence electrons. The molecule has 3 heterocycles. The number of nitrogens with zero attached hydrogens (tertiary/aromatic N) is 2. The van der Waals surface area contributed by atoms with Crippen molar-refractivity contribution < 1.29 is 62.6 Å². The number of methoxy groups -OCH3 is 3. The number of amides is 2. The van der Waals surface area contributed by atoms with Gasteiger partial charge in [0.25, 0.3) is 11.7 Å². The molecule has 2 bridgehead atoms. The van der Waals surface area contributed by atoms with Gasteiger partial charge in [0, 0.05) is 84.1 Å². The van der Waals surface area contributed by atoms with Gasteiger partial charge in [-0.3, -0.25) is 19.2 Å². The number of carbonyl (C=O) groups is 5. The van der Waals surface area contributed by atoms with Gasteiger partial charge in [-0.05, 0) is 120 Å². The Morgan fingerprint density at radius 2 is 1.68 bits per heavy atom. The second kappa shape index (κ2) is 31.2. The van der Waals surface area contributed by atoms with Gasteiger partial charge in [-0.15, -0.1) is 12.3 Å². The van der Waals surface area contributed by atoms with E-state index < -0.39 is 83.7 Å². The molecule has 0 unspecified atom stereocenters. The minimum atomic E-state index is -2.44. The van der Waals surface area contributed by atoms with Gasteiger partial charge < -0.3 is 43.5 Å². The van der Waals surface area contributed by atoms with Gasteiger partial charge in [0.2, 0.25) is 11.7 Å². The number of unbranched alkanes of at least 4 members (excludes halogenated alkanes) is 2. The summed E-state index contributed by atoms with van der Waals surface area (Å²) in [6.45, 7) is 15.0. The van der Waals surface area contributed by atoms with E-state index >= 15 is 0 Å². The molecule has 0 aromatic rings. The largest absolute Gasteiger partial charge is 0.460 e. The maximum atomic E-state index is 14.8. The normalized spacial score (nSPS) is 36.9. The number of terminal acetylenes is 1. The highest BCUT2D eigenvalue weighted by Gasteiger charge is 2.53. The van der Waals surface area contributed by atoms with Crippen molar-refractivity contribution in [1.29, 1.82) is 0 Å². The highest BCUT2D eigenvalue weighted by Crippen LogP contribution is 2.38. The molecule has 16 heteroatoms. The van der Waals surface area contributed by atoms with Crippen LogP contribution in [0.3, 0.4) is 0 Å². The molecule has 1 aliphatic carbocycles. The maximum Gasteiger partial charge on any atom is 0.329 e. The molecule has 2 saturated heterocycles. The Morgan fingerprint density at radius 1 is 0.933 bits per heavy atom. The van der Waals surface area contributed by atoms with E-state index in [-0.39, 0.29) is 55.1 Å². The fourth-order valence-electron chi connectivity index (χ4n) is 11.2. The molecule has 0 aromatic heterocycles. The number of esters is 1. The van der Waals surface area contributed by atoms with Crippen molar-refractivity contribution in [2.75, 3.05) is 34.5 Å². The van der Waals surface area contributed by atoms with E-state index in [1.165, 1.54) is 18.9 Å². The summed E-state index contributed by atoms with van der Waals surface area (Å²) in [5, 5.41) is 28.4. The predicted octanol–water partition coefficient (Wildman–Crippen LogP) is 7.93. The fourth-order valence-corrected chi connectivity index (χ4v) is 11.2. The fraction of sp³-hybridized carbons (Fsp3) is 0.729. The first-order valence-corrected chi connectivity index (χ1v) is 27.5. The quantitative estimate of drug-likeness (QED) is 0.0424. The number of piperidine rings is 1. The molecule has 0 spiro atoms. The number of nitrogens with one attached hydrogen (secondary N) is 1. The van der Waals surface area contributed by atoms with Gasteiger partial charge in [0.15, 0.2) is 5.78 Å². The molecule has 3 fully saturated rings. The summed E-state index contributed by atoms with van der Waals surface area (Å²) < 4.78 is 36.6. The van der Waals surface area contributed by atoms with Crippen LogP contribution in [0.2, 0.25) is 0 Å². The topological polar surface area (TPSA) is 209 Å². The van der Waals surface area contributed by atoms with Crippen molar-refractivity contribution >= 4 is 35.1 Å². The van der Waals surface area contributed by atoms with Crippen LogP contribution in [-0.4, -0.2) is 139 Å². The SMILES string of the molecule is C#CCCCCO[C@@H]1CC[C@@H](C[C@@H](C)[C@@H]2C/C(=N/NC(C)=O)[C@H](C)/C=C(\C)[C@@H](O)[C@@H](OC)C(=O)[C@H](C)C[C@H](C)/C=C/C=C/C=C(\C)[C@@H](OC)C[C@@H]3CC[C@@H](C)[C@@](O)(O3)C(=O)C(=O)N3CCCC[C@H]3C(=O)O2)C[C@H]1OC. The van der Waals surface area contributed by atoms with Crippen molar-refractivity contribution in [1.82, 2.24) is 10.3 Å². The van der Waals surface area contributed by atoms with Crippen LogP contribution in [0.25, 0.3) is 0 Å². The number of aliphatic hydroxyl groups excluding tert-OH is 1. The highest BCUT2D eigenvalue weighted by molar-refractivity contribution is 6.39. The Bertz CT molecular complexity index is 2090. The summed E-state index contributed by atoms with van der Waals surface area (Å²) >= 11 is 0. The van der Waals surface area contributed by atoms with Crippen LogP contribution in [0.5, 0.6) is 0 Å². The second-order valence-corrected chi connectivity index (χ2v) is 21.9. The Balaban J connectivity index is 1.76. The lowest BCUT2D eigenvalue weighted by atomic mass is 9.78. The molecule has 1 saturated carbocycles. The zero-order chi connectivity index (χ0) is 55.4. The van der Waals surface area contributed by atoms with Gasteiger partial charge >= 0.3 is 5.97 Å². The average Bonchev–Trinajstić information content (AvgIpc) is 3.38.